The van der Waals surface area contributed by atoms with Gasteiger partial charge < -0.3 is 0 Å². The van der Waals surface area contributed by atoms with E-state index in [1.807, 2.05) is 11.8 Å². The number of hydrogen-bond acceptors (Lipinski definition) is 1. The van der Waals surface area contributed by atoms with Gasteiger partial charge in [-0.15, -0.1) is 0 Å². The van der Waals surface area contributed by atoms with E-state index in [1.54, 1.807) is 0 Å². The number of benzene rings is 2. The van der Waals surface area contributed by atoms with Crippen molar-refractivity contribution in [2.75, 3.05) is 0 Å². The van der Waals surface area contributed by atoms with E-state index in [1.165, 1.54) is 20.9 Å². The second kappa shape index (κ2) is 4.11. The number of halogens is 1. The highest BCUT2D eigenvalue weighted by Crippen LogP contribution is 2.37. The van der Waals surface area contributed by atoms with Crippen molar-refractivity contribution >= 4 is 39.8 Å². The van der Waals surface area contributed by atoms with Crippen molar-refractivity contribution in [3.8, 4) is 0 Å². The van der Waals surface area contributed by atoms with Gasteiger partial charge in [-0.05, 0) is 35.4 Å². The molecule has 0 N–H and O–H groups in total. The Bertz CT molecular complexity index is 573. The Kier molecular flexibility index (Phi) is 2.62. The first-order valence-corrected chi connectivity index (χ1v) is 6.68. The molecule has 0 unspecified atom stereocenters. The lowest BCUT2D eigenvalue weighted by molar-refractivity contribution is 1.38. The topological polar surface area (TPSA) is 0 Å². The van der Waals surface area contributed by atoms with E-state index in [0.717, 1.165) is 4.47 Å². The summed E-state index contributed by atoms with van der Waals surface area (Å²) in [5.74, 6) is 0. The molecule has 2 aromatic carbocycles. The fraction of sp³-hybridized carbons (Fsp3) is 0. The van der Waals surface area contributed by atoms with Crippen LogP contribution >= 0.6 is 27.7 Å². The number of fused-ring (bicyclic) bond motifs is 2. The molecule has 1 heterocycles. The summed E-state index contributed by atoms with van der Waals surface area (Å²) in [7, 11) is 0. The summed E-state index contributed by atoms with van der Waals surface area (Å²) in [6.45, 7) is 0. The van der Waals surface area contributed by atoms with Crippen LogP contribution in [0.1, 0.15) is 11.1 Å². The van der Waals surface area contributed by atoms with Crippen molar-refractivity contribution in [1.29, 1.82) is 0 Å². The van der Waals surface area contributed by atoms with Crippen molar-refractivity contribution < 1.29 is 0 Å². The van der Waals surface area contributed by atoms with Crippen molar-refractivity contribution in [3.63, 3.8) is 0 Å². The molecule has 1 aliphatic heterocycles. The quantitative estimate of drug-likeness (QED) is 0.556. The molecule has 0 fully saturated rings. The molecule has 2 heteroatoms. The van der Waals surface area contributed by atoms with E-state index < -0.39 is 0 Å². The molecule has 0 atom stereocenters. The second-order valence-corrected chi connectivity index (χ2v) is 5.65. The maximum atomic E-state index is 3.51. The zero-order valence-electron chi connectivity index (χ0n) is 8.48. The normalized spacial score (nSPS) is 12.8. The van der Waals surface area contributed by atoms with E-state index in [4.69, 9.17) is 0 Å². The molecule has 0 bridgehead atoms. The Labute approximate surface area is 108 Å². The molecule has 1 aliphatic rings. The summed E-state index contributed by atoms with van der Waals surface area (Å²) >= 11 is 5.34. The zero-order chi connectivity index (χ0) is 11.0. The van der Waals surface area contributed by atoms with Gasteiger partial charge in [0.25, 0.3) is 0 Å². The van der Waals surface area contributed by atoms with Gasteiger partial charge in [0.2, 0.25) is 0 Å². The Hall–Kier alpha value is -0.990. The van der Waals surface area contributed by atoms with Crippen LogP contribution in [0.2, 0.25) is 0 Å². The summed E-state index contributed by atoms with van der Waals surface area (Å²) in [4.78, 5) is 2.63. The van der Waals surface area contributed by atoms with E-state index >= 15 is 0 Å². The van der Waals surface area contributed by atoms with Gasteiger partial charge in [-0.2, -0.15) is 0 Å². The molecule has 3 rings (SSSR count). The van der Waals surface area contributed by atoms with Crippen LogP contribution in [0.5, 0.6) is 0 Å². The molecule has 2 aromatic rings. The number of rotatable bonds is 0. The van der Waals surface area contributed by atoms with Gasteiger partial charge in [0.05, 0.1) is 0 Å². The van der Waals surface area contributed by atoms with E-state index in [2.05, 4.69) is 70.5 Å². The molecule has 0 aliphatic carbocycles. The predicted molar refractivity (Wildman–Crippen MR) is 73.6 cm³/mol. The highest BCUT2D eigenvalue weighted by molar-refractivity contribution is 9.10. The van der Waals surface area contributed by atoms with Crippen LogP contribution in [0.3, 0.4) is 0 Å². The maximum Gasteiger partial charge on any atom is 0.0195 e. The largest absolute Gasteiger partial charge is 0.0888 e. The van der Waals surface area contributed by atoms with Crippen LogP contribution in [0.15, 0.2) is 56.7 Å². The molecule has 0 spiro atoms. The molecule has 0 nitrogen and oxygen atoms in total. The van der Waals surface area contributed by atoms with Gasteiger partial charge in [-0.25, -0.2) is 0 Å². The monoisotopic (exact) mass is 288 g/mol. The van der Waals surface area contributed by atoms with E-state index in [9.17, 15) is 0 Å². The van der Waals surface area contributed by atoms with E-state index in [0.29, 0.717) is 0 Å². The molecular formula is C14H9BrS. The molecule has 0 amide bonds. The molecule has 0 radical (unpaired) electrons. The van der Waals surface area contributed by atoms with Crippen LogP contribution in [0.25, 0.3) is 12.2 Å². The first-order chi connectivity index (χ1) is 7.83. The highest BCUT2D eigenvalue weighted by atomic mass is 79.9. The lowest BCUT2D eigenvalue weighted by Gasteiger charge is -2.05. The molecule has 78 valence electrons. The minimum Gasteiger partial charge on any atom is -0.0888 e. The smallest absolute Gasteiger partial charge is 0.0195 e. The van der Waals surface area contributed by atoms with Crippen LogP contribution in [0.4, 0.5) is 0 Å². The fourth-order valence-corrected chi connectivity index (χ4v) is 3.15. The average Bonchev–Trinajstić information content (AvgIpc) is 2.48. The number of hydrogen-bond donors (Lipinski definition) is 0. The zero-order valence-corrected chi connectivity index (χ0v) is 10.9. The van der Waals surface area contributed by atoms with Crippen LogP contribution in [-0.2, 0) is 0 Å². The van der Waals surface area contributed by atoms with Crippen molar-refractivity contribution in [2.24, 2.45) is 0 Å². The van der Waals surface area contributed by atoms with Crippen LogP contribution in [0, 0.1) is 0 Å². The van der Waals surface area contributed by atoms with Crippen molar-refractivity contribution in [1.82, 2.24) is 0 Å². The molecule has 0 aromatic heterocycles. The third kappa shape index (κ3) is 1.83. The Balaban J connectivity index is 2.17. The van der Waals surface area contributed by atoms with Gasteiger partial charge >= 0.3 is 0 Å². The first kappa shape index (κ1) is 10.2. The predicted octanol–water partition coefficient (Wildman–Crippen LogP) is 5.08. The molecule has 16 heavy (non-hydrogen) atoms. The minimum atomic E-state index is 1.13. The Morgan fingerprint density at radius 1 is 0.812 bits per heavy atom. The summed E-state index contributed by atoms with van der Waals surface area (Å²) in [5, 5.41) is 0. The molecule has 0 saturated heterocycles. The maximum absolute atomic E-state index is 3.51. The molecule has 0 saturated carbocycles. The van der Waals surface area contributed by atoms with Gasteiger partial charge in [0.1, 0.15) is 0 Å². The van der Waals surface area contributed by atoms with Gasteiger partial charge in [0, 0.05) is 14.3 Å². The van der Waals surface area contributed by atoms with E-state index in [-0.39, 0.29) is 0 Å². The van der Waals surface area contributed by atoms with Crippen molar-refractivity contribution in [2.45, 2.75) is 9.79 Å². The van der Waals surface area contributed by atoms with Crippen LogP contribution in [-0.4, -0.2) is 0 Å². The van der Waals surface area contributed by atoms with Gasteiger partial charge in [0.15, 0.2) is 0 Å². The minimum absolute atomic E-state index is 1.13. The average molecular weight is 289 g/mol. The fourth-order valence-electron chi connectivity index (χ4n) is 1.75. The Morgan fingerprint density at radius 3 is 2.50 bits per heavy atom. The lowest BCUT2D eigenvalue weighted by Crippen LogP contribution is -1.78. The summed E-state index contributed by atoms with van der Waals surface area (Å²) in [5.41, 5.74) is 2.57. The standard InChI is InChI=1S/C14H9BrS/c15-12-7-8-14-11(9-12)6-5-10-3-1-2-4-13(10)16-14/h1-9H. The highest BCUT2D eigenvalue weighted by Gasteiger charge is 2.09. The third-order valence-corrected chi connectivity index (χ3v) is 4.23. The van der Waals surface area contributed by atoms with Crippen LogP contribution < -0.4 is 0 Å². The van der Waals surface area contributed by atoms with Crippen molar-refractivity contribution in [3.05, 3.63) is 58.1 Å². The van der Waals surface area contributed by atoms with Gasteiger partial charge in [-0.1, -0.05) is 58.0 Å². The second-order valence-electron chi connectivity index (χ2n) is 3.66. The third-order valence-electron chi connectivity index (χ3n) is 2.55. The summed E-state index contributed by atoms with van der Waals surface area (Å²) < 4.78 is 1.13. The Morgan fingerprint density at radius 2 is 1.56 bits per heavy atom. The molecular weight excluding hydrogens is 280 g/mol. The van der Waals surface area contributed by atoms with Gasteiger partial charge in [-0.3, -0.25) is 0 Å². The lowest BCUT2D eigenvalue weighted by atomic mass is 10.1. The summed E-state index contributed by atoms with van der Waals surface area (Å²) in [6, 6.07) is 14.9. The SMILES string of the molecule is Brc1ccc2c(c1)C=Cc1ccccc1S2. The first-order valence-electron chi connectivity index (χ1n) is 5.07. The summed E-state index contributed by atoms with van der Waals surface area (Å²) in [6.07, 6.45) is 4.36.